The molecule has 1 aliphatic rings. The van der Waals surface area contributed by atoms with E-state index < -0.39 is 17.8 Å². The normalized spacial score (nSPS) is 24.4. The van der Waals surface area contributed by atoms with E-state index in [2.05, 4.69) is 4.98 Å². The third-order valence-corrected chi connectivity index (χ3v) is 4.60. The highest BCUT2D eigenvalue weighted by Gasteiger charge is 2.46. The number of pyridine rings is 1. The van der Waals surface area contributed by atoms with Gasteiger partial charge in [0, 0.05) is 11.8 Å². The van der Waals surface area contributed by atoms with Crippen LogP contribution in [0.5, 0.6) is 5.75 Å². The average Bonchev–Trinajstić information content (AvgIpc) is 2.80. The lowest BCUT2D eigenvalue weighted by atomic mass is 9.81. The molecule has 2 aromatic rings. The molecule has 0 spiro atoms. The van der Waals surface area contributed by atoms with Crippen LogP contribution in [0.3, 0.4) is 0 Å². The second kappa shape index (κ2) is 5.92. The van der Waals surface area contributed by atoms with Crippen molar-refractivity contribution < 1.29 is 14.9 Å². The van der Waals surface area contributed by atoms with E-state index in [9.17, 15) is 15.0 Å². The maximum Gasteiger partial charge on any atom is 0.256 e. The van der Waals surface area contributed by atoms with Gasteiger partial charge in [-0.25, -0.2) is 0 Å². The molecule has 3 atom stereocenters. The van der Waals surface area contributed by atoms with Crippen molar-refractivity contribution in [3.63, 3.8) is 0 Å². The number of ether oxygens (including phenoxy) is 1. The lowest BCUT2D eigenvalue weighted by Crippen LogP contribution is -2.37. The van der Waals surface area contributed by atoms with E-state index in [1.165, 1.54) is 0 Å². The van der Waals surface area contributed by atoms with E-state index in [1.54, 1.807) is 33.0 Å². The van der Waals surface area contributed by atoms with Crippen molar-refractivity contribution in [2.45, 2.75) is 38.6 Å². The molecule has 2 heterocycles. The van der Waals surface area contributed by atoms with Gasteiger partial charge in [-0.15, -0.1) is 0 Å². The Morgan fingerprint density at radius 1 is 1.38 bits per heavy atom. The summed E-state index contributed by atoms with van der Waals surface area (Å²) in [4.78, 5) is 15.2. The summed E-state index contributed by atoms with van der Waals surface area (Å²) in [6.07, 6.45) is 1.43. The van der Waals surface area contributed by atoms with Crippen LogP contribution in [0, 0.1) is 0 Å². The molecule has 0 saturated carbocycles. The van der Waals surface area contributed by atoms with Crippen molar-refractivity contribution in [1.82, 2.24) is 4.98 Å². The number of aromatic nitrogens is 1. The highest BCUT2D eigenvalue weighted by molar-refractivity contribution is 5.73. The Labute approximate surface area is 140 Å². The molecule has 5 nitrogen and oxygen atoms in total. The van der Waals surface area contributed by atoms with Crippen molar-refractivity contribution >= 4 is 0 Å². The number of benzene rings is 1. The number of rotatable bonds is 3. The summed E-state index contributed by atoms with van der Waals surface area (Å²) in [5.41, 5.74) is 1.30. The fourth-order valence-electron chi connectivity index (χ4n) is 3.05. The first kappa shape index (κ1) is 16.5. The SMILES string of the molecule is CC(=CC1(C)c2c(c(-c3ccccc3)c[nH]c2=O)OC1O)C(C)O. The Hall–Kier alpha value is -2.37. The predicted molar refractivity (Wildman–Crippen MR) is 91.9 cm³/mol. The molecule has 1 aromatic carbocycles. The van der Waals surface area contributed by atoms with Gasteiger partial charge in [0.15, 0.2) is 0 Å². The Morgan fingerprint density at radius 2 is 2.04 bits per heavy atom. The Bertz CT molecular complexity index is 838. The largest absolute Gasteiger partial charge is 0.463 e. The molecule has 3 unspecified atom stereocenters. The molecule has 5 heteroatoms. The zero-order valence-corrected chi connectivity index (χ0v) is 13.9. The zero-order valence-electron chi connectivity index (χ0n) is 13.9. The van der Waals surface area contributed by atoms with Crippen LogP contribution in [-0.2, 0) is 5.41 Å². The molecule has 0 bridgehead atoms. The molecular formula is C19H21NO4. The zero-order chi connectivity index (χ0) is 17.5. The molecule has 0 fully saturated rings. The smallest absolute Gasteiger partial charge is 0.256 e. The van der Waals surface area contributed by atoms with Gasteiger partial charge in [-0.2, -0.15) is 0 Å². The van der Waals surface area contributed by atoms with Crippen LogP contribution in [0.2, 0.25) is 0 Å². The maximum atomic E-state index is 12.5. The van der Waals surface area contributed by atoms with E-state index in [-0.39, 0.29) is 5.56 Å². The summed E-state index contributed by atoms with van der Waals surface area (Å²) < 4.78 is 5.68. The topological polar surface area (TPSA) is 82.6 Å². The molecule has 0 radical (unpaired) electrons. The molecule has 24 heavy (non-hydrogen) atoms. The van der Waals surface area contributed by atoms with Gasteiger partial charge in [-0.05, 0) is 31.9 Å². The second-order valence-corrected chi connectivity index (χ2v) is 6.42. The fourth-order valence-corrected chi connectivity index (χ4v) is 3.05. The number of hydrogen-bond acceptors (Lipinski definition) is 4. The van der Waals surface area contributed by atoms with Gasteiger partial charge < -0.3 is 19.9 Å². The minimum absolute atomic E-state index is 0.307. The van der Waals surface area contributed by atoms with E-state index in [1.807, 2.05) is 30.3 Å². The first-order valence-corrected chi connectivity index (χ1v) is 7.88. The van der Waals surface area contributed by atoms with Crippen molar-refractivity contribution in [1.29, 1.82) is 0 Å². The number of aliphatic hydroxyl groups is 2. The van der Waals surface area contributed by atoms with Crippen LogP contribution >= 0.6 is 0 Å². The molecule has 0 aliphatic carbocycles. The Kier molecular flexibility index (Phi) is 4.07. The van der Waals surface area contributed by atoms with Gasteiger partial charge in [0.2, 0.25) is 6.29 Å². The Balaban J connectivity index is 2.23. The van der Waals surface area contributed by atoms with Crippen LogP contribution in [0.25, 0.3) is 11.1 Å². The van der Waals surface area contributed by atoms with Gasteiger partial charge >= 0.3 is 0 Å². The summed E-state index contributed by atoms with van der Waals surface area (Å²) in [7, 11) is 0. The average molecular weight is 327 g/mol. The van der Waals surface area contributed by atoms with Crippen LogP contribution < -0.4 is 10.3 Å². The summed E-state index contributed by atoms with van der Waals surface area (Å²) in [6, 6.07) is 9.53. The van der Waals surface area contributed by atoms with Crippen LogP contribution in [0.4, 0.5) is 0 Å². The van der Waals surface area contributed by atoms with Crippen LogP contribution in [0.15, 0.2) is 53.0 Å². The van der Waals surface area contributed by atoms with Gasteiger partial charge in [-0.3, -0.25) is 4.79 Å². The van der Waals surface area contributed by atoms with Crippen LogP contribution in [0.1, 0.15) is 26.3 Å². The van der Waals surface area contributed by atoms with Crippen molar-refractivity contribution in [3.05, 3.63) is 64.1 Å². The number of aromatic amines is 1. The fraction of sp³-hybridized carbons (Fsp3) is 0.316. The minimum Gasteiger partial charge on any atom is -0.463 e. The molecular weight excluding hydrogens is 306 g/mol. The third kappa shape index (κ3) is 2.56. The molecule has 126 valence electrons. The molecule has 0 saturated heterocycles. The first-order chi connectivity index (χ1) is 11.3. The lowest BCUT2D eigenvalue weighted by Gasteiger charge is -2.23. The molecule has 0 amide bonds. The molecule has 3 N–H and O–H groups in total. The van der Waals surface area contributed by atoms with E-state index in [0.717, 1.165) is 11.1 Å². The number of fused-ring (bicyclic) bond motifs is 1. The van der Waals surface area contributed by atoms with Crippen molar-refractivity contribution in [3.8, 4) is 16.9 Å². The summed E-state index contributed by atoms with van der Waals surface area (Å²) in [5, 5.41) is 20.2. The number of nitrogens with one attached hydrogen (secondary N) is 1. The monoisotopic (exact) mass is 327 g/mol. The van der Waals surface area contributed by atoms with E-state index in [0.29, 0.717) is 16.9 Å². The summed E-state index contributed by atoms with van der Waals surface area (Å²) >= 11 is 0. The van der Waals surface area contributed by atoms with E-state index in [4.69, 9.17) is 4.74 Å². The van der Waals surface area contributed by atoms with Crippen molar-refractivity contribution in [2.75, 3.05) is 0 Å². The van der Waals surface area contributed by atoms with E-state index >= 15 is 0 Å². The minimum atomic E-state index is -1.20. The molecule has 1 aromatic heterocycles. The summed E-state index contributed by atoms with van der Waals surface area (Å²) in [5.74, 6) is 0.384. The van der Waals surface area contributed by atoms with Gasteiger partial charge in [-0.1, -0.05) is 36.4 Å². The van der Waals surface area contributed by atoms with Crippen LogP contribution in [-0.4, -0.2) is 27.6 Å². The number of aliphatic hydroxyl groups excluding tert-OH is 2. The summed E-state index contributed by atoms with van der Waals surface area (Å²) in [6.45, 7) is 5.14. The standard InChI is InChI=1S/C19H21NO4/c1-11(12(2)21)9-19(3)15-16(24-18(19)23)14(10-20-17(15)22)13-7-5-4-6-8-13/h4-10,12,18,21,23H,1-3H3,(H,20,22). The highest BCUT2D eigenvalue weighted by Crippen LogP contribution is 2.46. The van der Waals surface area contributed by atoms with Gasteiger partial charge in [0.05, 0.1) is 17.1 Å². The van der Waals surface area contributed by atoms with Gasteiger partial charge in [0.1, 0.15) is 5.75 Å². The predicted octanol–water partition coefficient (Wildman–Crippen LogP) is 2.34. The Morgan fingerprint density at radius 3 is 2.67 bits per heavy atom. The second-order valence-electron chi connectivity index (χ2n) is 6.42. The first-order valence-electron chi connectivity index (χ1n) is 7.88. The van der Waals surface area contributed by atoms with Gasteiger partial charge in [0.25, 0.3) is 5.56 Å². The number of hydrogen-bond donors (Lipinski definition) is 3. The third-order valence-electron chi connectivity index (χ3n) is 4.60. The quantitative estimate of drug-likeness (QED) is 0.756. The molecule has 1 aliphatic heterocycles. The lowest BCUT2D eigenvalue weighted by molar-refractivity contribution is -0.0363. The van der Waals surface area contributed by atoms with Crippen molar-refractivity contribution in [2.24, 2.45) is 0 Å². The number of H-pyrrole nitrogens is 1. The molecule has 3 rings (SSSR count). The maximum absolute atomic E-state index is 12.5. The highest BCUT2D eigenvalue weighted by atomic mass is 16.6.